The number of hydrogen-bond donors (Lipinski definition) is 4. The average Bonchev–Trinajstić information content (AvgIpc) is 2.83. The molecule has 2 aromatic rings. The molecule has 2 aromatic heterocycles. The summed E-state index contributed by atoms with van der Waals surface area (Å²) in [5.41, 5.74) is 1.34. The minimum absolute atomic E-state index is 0.0478. The highest BCUT2D eigenvalue weighted by Gasteiger charge is 2.16. The van der Waals surface area contributed by atoms with Crippen LogP contribution in [0.25, 0.3) is 11.2 Å². The summed E-state index contributed by atoms with van der Waals surface area (Å²) < 4.78 is 0. The SMILES string of the molecule is CNc1nc(N[C@H](CO)C(C)C)c2[nH]cnc2n1. The minimum atomic E-state index is -0.0592. The fourth-order valence-electron chi connectivity index (χ4n) is 1.65. The number of aromatic nitrogens is 4. The van der Waals surface area contributed by atoms with Gasteiger partial charge in [-0.3, -0.25) is 0 Å². The van der Waals surface area contributed by atoms with E-state index in [1.165, 1.54) is 0 Å². The molecule has 4 N–H and O–H groups in total. The van der Waals surface area contributed by atoms with Crippen molar-refractivity contribution in [2.24, 2.45) is 5.92 Å². The molecule has 0 radical (unpaired) electrons. The zero-order chi connectivity index (χ0) is 13.1. The van der Waals surface area contributed by atoms with Crippen molar-refractivity contribution in [3.8, 4) is 0 Å². The fraction of sp³-hybridized carbons (Fsp3) is 0.545. The van der Waals surface area contributed by atoms with E-state index in [1.807, 2.05) is 13.8 Å². The Balaban J connectivity index is 2.39. The number of imidazole rings is 1. The molecular weight excluding hydrogens is 232 g/mol. The summed E-state index contributed by atoms with van der Waals surface area (Å²) in [5, 5.41) is 15.5. The Labute approximate surface area is 105 Å². The molecule has 98 valence electrons. The van der Waals surface area contributed by atoms with Crippen molar-refractivity contribution < 1.29 is 5.11 Å². The molecule has 0 bridgehead atoms. The Morgan fingerprint density at radius 3 is 2.78 bits per heavy atom. The molecule has 0 saturated carbocycles. The van der Waals surface area contributed by atoms with Crippen LogP contribution in [0.5, 0.6) is 0 Å². The van der Waals surface area contributed by atoms with Gasteiger partial charge in [0.15, 0.2) is 11.5 Å². The molecule has 7 heteroatoms. The number of H-pyrrole nitrogens is 1. The Morgan fingerprint density at radius 2 is 2.17 bits per heavy atom. The van der Waals surface area contributed by atoms with E-state index in [0.717, 1.165) is 5.52 Å². The molecule has 0 aliphatic rings. The van der Waals surface area contributed by atoms with Crippen molar-refractivity contribution in [1.29, 1.82) is 0 Å². The van der Waals surface area contributed by atoms with Gasteiger partial charge in [0.25, 0.3) is 0 Å². The highest BCUT2D eigenvalue weighted by Crippen LogP contribution is 2.20. The average molecular weight is 250 g/mol. The van der Waals surface area contributed by atoms with Gasteiger partial charge in [0, 0.05) is 7.05 Å². The Kier molecular flexibility index (Phi) is 3.61. The number of nitrogens with one attached hydrogen (secondary N) is 3. The zero-order valence-electron chi connectivity index (χ0n) is 10.7. The molecule has 0 saturated heterocycles. The van der Waals surface area contributed by atoms with Gasteiger partial charge in [-0.05, 0) is 5.92 Å². The molecule has 7 nitrogen and oxygen atoms in total. The van der Waals surface area contributed by atoms with Gasteiger partial charge in [-0.2, -0.15) is 9.97 Å². The van der Waals surface area contributed by atoms with Gasteiger partial charge in [-0.15, -0.1) is 0 Å². The normalized spacial score (nSPS) is 12.9. The van der Waals surface area contributed by atoms with Gasteiger partial charge in [-0.1, -0.05) is 13.8 Å². The highest BCUT2D eigenvalue weighted by molar-refractivity contribution is 5.83. The Bertz CT molecular complexity index is 523. The maximum absolute atomic E-state index is 9.36. The van der Waals surface area contributed by atoms with E-state index >= 15 is 0 Å². The Morgan fingerprint density at radius 1 is 1.39 bits per heavy atom. The third kappa shape index (κ3) is 2.35. The number of fused-ring (bicyclic) bond motifs is 1. The van der Waals surface area contributed by atoms with Gasteiger partial charge >= 0.3 is 0 Å². The summed E-state index contributed by atoms with van der Waals surface area (Å²) in [5.74, 6) is 1.44. The van der Waals surface area contributed by atoms with Gasteiger partial charge in [-0.25, -0.2) is 4.98 Å². The minimum Gasteiger partial charge on any atom is -0.394 e. The molecule has 0 unspecified atom stereocenters. The number of nitrogens with zero attached hydrogens (tertiary/aromatic N) is 3. The predicted octanol–water partition coefficient (Wildman–Crippen LogP) is 0.823. The quantitative estimate of drug-likeness (QED) is 0.627. The second-order valence-corrected chi connectivity index (χ2v) is 4.42. The van der Waals surface area contributed by atoms with E-state index in [9.17, 15) is 5.11 Å². The van der Waals surface area contributed by atoms with Gasteiger partial charge < -0.3 is 20.7 Å². The van der Waals surface area contributed by atoms with Crippen molar-refractivity contribution in [3.05, 3.63) is 6.33 Å². The van der Waals surface area contributed by atoms with E-state index in [1.54, 1.807) is 13.4 Å². The molecule has 2 rings (SSSR count). The molecule has 0 spiro atoms. The van der Waals surface area contributed by atoms with Crippen molar-refractivity contribution in [3.63, 3.8) is 0 Å². The summed E-state index contributed by atoms with van der Waals surface area (Å²) in [6.45, 7) is 4.13. The molecule has 0 aliphatic carbocycles. The number of hydrogen-bond acceptors (Lipinski definition) is 6. The van der Waals surface area contributed by atoms with Crippen LogP contribution in [-0.4, -0.2) is 44.7 Å². The van der Waals surface area contributed by atoms with Crippen LogP contribution in [0.3, 0.4) is 0 Å². The number of aliphatic hydroxyl groups is 1. The van der Waals surface area contributed by atoms with Crippen molar-refractivity contribution in [2.75, 3.05) is 24.3 Å². The van der Waals surface area contributed by atoms with Crippen LogP contribution in [0.15, 0.2) is 6.33 Å². The fourth-order valence-corrected chi connectivity index (χ4v) is 1.65. The first kappa shape index (κ1) is 12.6. The van der Waals surface area contributed by atoms with E-state index < -0.39 is 0 Å². The first-order valence-corrected chi connectivity index (χ1v) is 5.92. The van der Waals surface area contributed by atoms with Crippen molar-refractivity contribution in [1.82, 2.24) is 19.9 Å². The molecule has 0 amide bonds. The largest absolute Gasteiger partial charge is 0.394 e. The van der Waals surface area contributed by atoms with Crippen LogP contribution < -0.4 is 10.6 Å². The van der Waals surface area contributed by atoms with Crippen LogP contribution in [-0.2, 0) is 0 Å². The standard InChI is InChI=1S/C11H18N6O/c1-6(2)7(4-18)15-10-8-9(14-5-13-8)16-11(12-3)17-10/h5-7,18H,4H2,1-3H3,(H3,12,13,14,15,16,17)/t7-/m1/s1. The summed E-state index contributed by atoms with van der Waals surface area (Å²) in [4.78, 5) is 15.7. The van der Waals surface area contributed by atoms with Crippen LogP contribution >= 0.6 is 0 Å². The van der Waals surface area contributed by atoms with E-state index in [4.69, 9.17) is 0 Å². The van der Waals surface area contributed by atoms with E-state index in [-0.39, 0.29) is 12.6 Å². The lowest BCUT2D eigenvalue weighted by atomic mass is 10.1. The van der Waals surface area contributed by atoms with Gasteiger partial charge in [0.1, 0.15) is 5.52 Å². The number of anilines is 2. The molecule has 0 fully saturated rings. The molecule has 1 atom stereocenters. The van der Waals surface area contributed by atoms with Crippen LogP contribution in [0.4, 0.5) is 11.8 Å². The number of aromatic amines is 1. The predicted molar refractivity (Wildman–Crippen MR) is 70.6 cm³/mol. The summed E-state index contributed by atoms with van der Waals surface area (Å²) in [6, 6.07) is -0.0592. The smallest absolute Gasteiger partial charge is 0.226 e. The number of rotatable bonds is 5. The Hall–Kier alpha value is -1.89. The van der Waals surface area contributed by atoms with Crippen molar-refractivity contribution >= 4 is 22.9 Å². The highest BCUT2D eigenvalue weighted by atomic mass is 16.3. The third-order valence-electron chi connectivity index (χ3n) is 2.83. The molecule has 0 aliphatic heterocycles. The summed E-state index contributed by atoms with van der Waals surface area (Å²) in [7, 11) is 1.75. The number of aliphatic hydroxyl groups excluding tert-OH is 1. The monoisotopic (exact) mass is 250 g/mol. The topological polar surface area (TPSA) is 98.8 Å². The second kappa shape index (κ2) is 5.18. The molecule has 0 aromatic carbocycles. The molecule has 18 heavy (non-hydrogen) atoms. The lowest BCUT2D eigenvalue weighted by Gasteiger charge is -2.20. The maximum Gasteiger partial charge on any atom is 0.226 e. The van der Waals surface area contributed by atoms with Crippen LogP contribution in [0.2, 0.25) is 0 Å². The maximum atomic E-state index is 9.36. The van der Waals surface area contributed by atoms with Gasteiger partial charge in [0.05, 0.1) is 19.0 Å². The first-order valence-electron chi connectivity index (χ1n) is 5.92. The zero-order valence-corrected chi connectivity index (χ0v) is 10.7. The third-order valence-corrected chi connectivity index (χ3v) is 2.83. The van der Waals surface area contributed by atoms with E-state index in [2.05, 4.69) is 30.6 Å². The van der Waals surface area contributed by atoms with E-state index in [0.29, 0.717) is 23.3 Å². The lowest BCUT2D eigenvalue weighted by Crippen LogP contribution is -2.30. The molecular formula is C11H18N6O. The second-order valence-electron chi connectivity index (χ2n) is 4.42. The summed E-state index contributed by atoms with van der Waals surface area (Å²) in [6.07, 6.45) is 1.58. The van der Waals surface area contributed by atoms with Crippen LogP contribution in [0, 0.1) is 5.92 Å². The lowest BCUT2D eigenvalue weighted by molar-refractivity contribution is 0.249. The summed E-state index contributed by atoms with van der Waals surface area (Å²) >= 11 is 0. The first-order chi connectivity index (χ1) is 8.65. The molecule has 2 heterocycles. The van der Waals surface area contributed by atoms with Gasteiger partial charge in [0.2, 0.25) is 5.95 Å². The van der Waals surface area contributed by atoms with Crippen LogP contribution in [0.1, 0.15) is 13.8 Å². The van der Waals surface area contributed by atoms with Crippen molar-refractivity contribution in [2.45, 2.75) is 19.9 Å².